The predicted octanol–water partition coefficient (Wildman–Crippen LogP) is 3.95. The Morgan fingerprint density at radius 3 is 2.52 bits per heavy atom. The molecule has 0 saturated carbocycles. The summed E-state index contributed by atoms with van der Waals surface area (Å²) in [5.74, 6) is -0.0586. The largest absolute Gasteiger partial charge is 0.508 e. The summed E-state index contributed by atoms with van der Waals surface area (Å²) in [5.41, 5.74) is 5.58. The summed E-state index contributed by atoms with van der Waals surface area (Å²) in [6.07, 6.45) is 0. The zero-order valence-corrected chi connectivity index (χ0v) is 13.7. The van der Waals surface area contributed by atoms with Gasteiger partial charge in [0.25, 0.3) is 0 Å². The molecule has 0 saturated heterocycles. The molecule has 4 nitrogen and oxygen atoms in total. The van der Waals surface area contributed by atoms with Gasteiger partial charge < -0.3 is 14.4 Å². The molecule has 0 spiro atoms. The zero-order valence-electron chi connectivity index (χ0n) is 13.7. The molecule has 2 aromatic carbocycles. The Hall–Kier alpha value is -2.75. The number of aromatic hydroxyl groups is 1. The van der Waals surface area contributed by atoms with Crippen LogP contribution in [0.2, 0.25) is 0 Å². The Labute approximate surface area is 134 Å². The normalized spacial score (nSPS) is 11.0. The van der Waals surface area contributed by atoms with Gasteiger partial charge in [-0.2, -0.15) is 0 Å². The van der Waals surface area contributed by atoms with Crippen molar-refractivity contribution in [2.24, 2.45) is 7.05 Å². The number of phenols is 1. The number of hydrogen-bond acceptors (Lipinski definition) is 3. The van der Waals surface area contributed by atoms with Crippen LogP contribution in [0.25, 0.3) is 22.0 Å². The molecule has 0 aliphatic rings. The quantitative estimate of drug-likeness (QED) is 0.729. The van der Waals surface area contributed by atoms with Crippen molar-refractivity contribution in [3.63, 3.8) is 0 Å². The molecule has 4 heteroatoms. The number of rotatable bonds is 2. The van der Waals surface area contributed by atoms with Crippen molar-refractivity contribution in [1.29, 1.82) is 0 Å². The first-order chi connectivity index (χ1) is 10.9. The number of aromatic nitrogens is 1. The Morgan fingerprint density at radius 2 is 1.87 bits per heavy atom. The van der Waals surface area contributed by atoms with Crippen LogP contribution in [0.3, 0.4) is 0 Å². The lowest BCUT2D eigenvalue weighted by Crippen LogP contribution is -2.03. The second-order valence-corrected chi connectivity index (χ2v) is 5.74. The summed E-state index contributed by atoms with van der Waals surface area (Å²) < 4.78 is 6.91. The Bertz CT molecular complexity index is 922. The number of fused-ring (bicyclic) bond motifs is 1. The molecule has 0 amide bonds. The van der Waals surface area contributed by atoms with E-state index < -0.39 is 0 Å². The second kappa shape index (κ2) is 5.47. The van der Waals surface area contributed by atoms with E-state index in [0.29, 0.717) is 5.56 Å². The molecule has 1 heterocycles. The molecule has 0 bridgehead atoms. The molecule has 1 aromatic heterocycles. The van der Waals surface area contributed by atoms with Gasteiger partial charge >= 0.3 is 5.97 Å². The summed E-state index contributed by atoms with van der Waals surface area (Å²) in [6.45, 7) is 3.88. The van der Waals surface area contributed by atoms with E-state index in [9.17, 15) is 9.90 Å². The maximum Gasteiger partial charge on any atom is 0.340 e. The van der Waals surface area contributed by atoms with Gasteiger partial charge in [-0.25, -0.2) is 4.79 Å². The third-order valence-electron chi connectivity index (χ3n) is 4.40. The van der Waals surface area contributed by atoms with Crippen molar-refractivity contribution in [1.82, 2.24) is 4.57 Å². The van der Waals surface area contributed by atoms with Crippen LogP contribution in [0.1, 0.15) is 21.6 Å². The molecule has 1 N–H and O–H groups in total. The number of benzene rings is 2. The van der Waals surface area contributed by atoms with Crippen molar-refractivity contribution < 1.29 is 14.6 Å². The summed E-state index contributed by atoms with van der Waals surface area (Å²) in [4.78, 5) is 12.0. The molecule has 118 valence electrons. The number of phenolic OH excluding ortho intramolecular Hbond substituents is 1. The number of carbonyl (C=O) groups excluding carboxylic acids is 1. The summed E-state index contributed by atoms with van der Waals surface area (Å²) in [7, 11) is 3.34. The van der Waals surface area contributed by atoms with E-state index in [1.165, 1.54) is 7.11 Å². The van der Waals surface area contributed by atoms with Crippen molar-refractivity contribution in [2.45, 2.75) is 13.8 Å². The maximum absolute atomic E-state index is 12.0. The minimum atomic E-state index is -0.318. The molecule has 0 aliphatic heterocycles. The van der Waals surface area contributed by atoms with Gasteiger partial charge in [-0.15, -0.1) is 0 Å². The molecular formula is C19H19NO3. The minimum absolute atomic E-state index is 0.259. The molecule has 0 radical (unpaired) electrons. The third-order valence-corrected chi connectivity index (χ3v) is 4.40. The highest BCUT2D eigenvalue weighted by Gasteiger charge is 2.19. The highest BCUT2D eigenvalue weighted by Crippen LogP contribution is 2.32. The smallest absolute Gasteiger partial charge is 0.340 e. The summed E-state index contributed by atoms with van der Waals surface area (Å²) >= 11 is 0. The van der Waals surface area contributed by atoms with Gasteiger partial charge in [0.2, 0.25) is 0 Å². The Morgan fingerprint density at radius 1 is 1.13 bits per heavy atom. The average molecular weight is 309 g/mol. The number of aryl methyl sites for hydroxylation is 2. The number of nitrogens with zero attached hydrogens (tertiary/aromatic N) is 1. The average Bonchev–Trinajstić information content (AvgIpc) is 2.78. The van der Waals surface area contributed by atoms with E-state index in [1.807, 2.05) is 43.7 Å². The topological polar surface area (TPSA) is 51.5 Å². The maximum atomic E-state index is 12.0. The van der Waals surface area contributed by atoms with E-state index in [2.05, 4.69) is 6.07 Å². The molecule has 0 unspecified atom stereocenters. The number of hydrogen-bond donors (Lipinski definition) is 1. The van der Waals surface area contributed by atoms with Gasteiger partial charge in [0.1, 0.15) is 5.75 Å². The fourth-order valence-electron chi connectivity index (χ4n) is 3.06. The molecule has 3 rings (SSSR count). The number of methoxy groups -OCH3 is 1. The first-order valence-corrected chi connectivity index (χ1v) is 7.41. The third kappa shape index (κ3) is 2.36. The monoisotopic (exact) mass is 309 g/mol. The fourth-order valence-corrected chi connectivity index (χ4v) is 3.06. The van der Waals surface area contributed by atoms with Crippen LogP contribution in [0, 0.1) is 13.8 Å². The van der Waals surface area contributed by atoms with E-state index in [4.69, 9.17) is 4.74 Å². The Balaban J connectivity index is 2.24. The van der Waals surface area contributed by atoms with Crippen LogP contribution in [0.5, 0.6) is 5.75 Å². The lowest BCUT2D eigenvalue weighted by atomic mass is 9.99. The second-order valence-electron chi connectivity index (χ2n) is 5.74. The van der Waals surface area contributed by atoms with Crippen LogP contribution in [0.4, 0.5) is 0 Å². The summed E-state index contributed by atoms with van der Waals surface area (Å²) in [5, 5.41) is 10.5. The zero-order chi connectivity index (χ0) is 16.7. The van der Waals surface area contributed by atoms with Gasteiger partial charge in [0.05, 0.1) is 12.7 Å². The number of ether oxygens (including phenoxy) is 1. The molecule has 0 aliphatic carbocycles. The van der Waals surface area contributed by atoms with Gasteiger partial charge in [0.15, 0.2) is 0 Å². The van der Waals surface area contributed by atoms with Crippen LogP contribution >= 0.6 is 0 Å². The van der Waals surface area contributed by atoms with Crippen molar-refractivity contribution in [2.75, 3.05) is 7.11 Å². The van der Waals surface area contributed by atoms with Crippen LogP contribution < -0.4 is 0 Å². The molecule has 0 fully saturated rings. The summed E-state index contributed by atoms with van der Waals surface area (Å²) in [6, 6.07) is 11.3. The standard InChI is InChI=1S/C19H19NO3/c1-11-9-14(21)6-8-15(11)13-5-7-16-17(10-13)20(3)12(2)18(16)19(22)23-4/h5-10,21H,1-4H3. The van der Waals surface area contributed by atoms with Gasteiger partial charge in [-0.05, 0) is 48.7 Å². The van der Waals surface area contributed by atoms with Crippen LogP contribution in [0.15, 0.2) is 36.4 Å². The predicted molar refractivity (Wildman–Crippen MR) is 90.8 cm³/mol. The van der Waals surface area contributed by atoms with Crippen LogP contribution in [-0.2, 0) is 11.8 Å². The van der Waals surface area contributed by atoms with Crippen LogP contribution in [-0.4, -0.2) is 22.8 Å². The molecule has 0 atom stereocenters. The molecule has 3 aromatic rings. The first-order valence-electron chi connectivity index (χ1n) is 7.41. The van der Waals surface area contributed by atoms with E-state index in [-0.39, 0.29) is 11.7 Å². The SMILES string of the molecule is COC(=O)c1c(C)n(C)c2cc(-c3ccc(O)cc3C)ccc12. The first kappa shape index (κ1) is 15.2. The molecule has 23 heavy (non-hydrogen) atoms. The van der Waals surface area contributed by atoms with Crippen molar-refractivity contribution in [3.05, 3.63) is 53.2 Å². The Kier molecular flexibility index (Phi) is 3.60. The fraction of sp³-hybridized carbons (Fsp3) is 0.211. The highest BCUT2D eigenvalue weighted by atomic mass is 16.5. The number of esters is 1. The van der Waals surface area contributed by atoms with Crippen molar-refractivity contribution in [3.8, 4) is 16.9 Å². The van der Waals surface area contributed by atoms with Gasteiger partial charge in [-0.3, -0.25) is 0 Å². The lowest BCUT2D eigenvalue weighted by Gasteiger charge is -2.08. The van der Waals surface area contributed by atoms with E-state index in [1.54, 1.807) is 12.1 Å². The minimum Gasteiger partial charge on any atom is -0.508 e. The van der Waals surface area contributed by atoms with Gasteiger partial charge in [-0.1, -0.05) is 18.2 Å². The highest BCUT2D eigenvalue weighted by molar-refractivity contribution is 6.06. The van der Waals surface area contributed by atoms with E-state index >= 15 is 0 Å². The number of carbonyl (C=O) groups is 1. The van der Waals surface area contributed by atoms with Gasteiger partial charge in [0, 0.05) is 23.6 Å². The lowest BCUT2D eigenvalue weighted by molar-refractivity contribution is 0.0602. The van der Waals surface area contributed by atoms with E-state index in [0.717, 1.165) is 33.3 Å². The van der Waals surface area contributed by atoms with Crippen molar-refractivity contribution >= 4 is 16.9 Å². The molecular weight excluding hydrogens is 290 g/mol.